The van der Waals surface area contributed by atoms with E-state index in [0.29, 0.717) is 17.9 Å². The van der Waals surface area contributed by atoms with Crippen LogP contribution < -0.4 is 4.74 Å². The van der Waals surface area contributed by atoms with Crippen molar-refractivity contribution in [1.29, 1.82) is 0 Å². The van der Waals surface area contributed by atoms with Gasteiger partial charge < -0.3 is 9.84 Å². The number of thioether (sulfide) groups is 1. The number of unbranched alkanes of at least 4 members (excludes halogenated alkanes) is 5. The van der Waals surface area contributed by atoms with Crippen molar-refractivity contribution >= 4 is 46.3 Å². The first-order valence-corrected chi connectivity index (χ1v) is 11.4. The molecule has 0 radical (unpaired) electrons. The monoisotopic (exact) mass is 435 g/mol. The molecule has 0 bridgehead atoms. The molecule has 1 N–H and O–H groups in total. The second kappa shape index (κ2) is 12.0. The first kappa shape index (κ1) is 23.4. The van der Waals surface area contributed by atoms with E-state index in [1.807, 2.05) is 24.3 Å². The van der Waals surface area contributed by atoms with Crippen LogP contribution in [-0.2, 0) is 9.59 Å². The Bertz CT molecular complexity index is 746. The number of carbonyl (C=O) groups excluding carboxylic acids is 1. The highest BCUT2D eigenvalue weighted by atomic mass is 32.2. The molecule has 7 heteroatoms. The van der Waals surface area contributed by atoms with Gasteiger partial charge in [0.05, 0.1) is 11.5 Å². The van der Waals surface area contributed by atoms with Gasteiger partial charge in [-0.25, -0.2) is 4.79 Å². The fourth-order valence-electron chi connectivity index (χ4n) is 3.10. The van der Waals surface area contributed by atoms with Crippen LogP contribution >= 0.6 is 24.0 Å². The number of benzene rings is 1. The van der Waals surface area contributed by atoms with Crippen molar-refractivity contribution in [3.8, 4) is 5.75 Å². The molecule has 0 spiro atoms. The number of hydrogen-bond acceptors (Lipinski definition) is 5. The maximum absolute atomic E-state index is 12.6. The Hall–Kier alpha value is -1.86. The Morgan fingerprint density at radius 3 is 2.45 bits per heavy atom. The smallest absolute Gasteiger partial charge is 0.326 e. The summed E-state index contributed by atoms with van der Waals surface area (Å²) in [5, 5.41) is 9.32. The molecule has 1 fully saturated rings. The van der Waals surface area contributed by atoms with Crippen LogP contribution in [0.4, 0.5) is 0 Å². The zero-order valence-electron chi connectivity index (χ0n) is 17.1. The van der Waals surface area contributed by atoms with Gasteiger partial charge in [-0.05, 0) is 36.6 Å². The van der Waals surface area contributed by atoms with Gasteiger partial charge in [0.2, 0.25) is 0 Å². The van der Waals surface area contributed by atoms with E-state index >= 15 is 0 Å². The minimum Gasteiger partial charge on any atom is -0.494 e. The van der Waals surface area contributed by atoms with Crippen LogP contribution in [0.1, 0.15) is 64.4 Å². The number of nitrogens with zero attached hydrogens (tertiary/aromatic N) is 1. The molecule has 1 unspecified atom stereocenters. The van der Waals surface area contributed by atoms with E-state index in [1.165, 1.54) is 37.0 Å². The lowest BCUT2D eigenvalue weighted by Gasteiger charge is -2.21. The molecular formula is C22H29NO4S2. The van der Waals surface area contributed by atoms with E-state index in [1.54, 1.807) is 13.0 Å². The average molecular weight is 436 g/mol. The number of thiocarbonyl (C=S) groups is 1. The highest BCUT2D eigenvalue weighted by molar-refractivity contribution is 8.26. The molecule has 1 saturated heterocycles. The molecule has 0 aromatic heterocycles. The third kappa shape index (κ3) is 6.85. The number of carbonyl (C=O) groups is 2. The summed E-state index contributed by atoms with van der Waals surface area (Å²) in [6.07, 6.45) is 9.40. The van der Waals surface area contributed by atoms with Crippen molar-refractivity contribution in [1.82, 2.24) is 4.90 Å². The molecule has 1 heterocycles. The summed E-state index contributed by atoms with van der Waals surface area (Å²) in [6.45, 7) is 4.65. The van der Waals surface area contributed by atoms with Crippen molar-refractivity contribution in [3.63, 3.8) is 0 Å². The van der Waals surface area contributed by atoms with Crippen LogP contribution in [0.3, 0.4) is 0 Å². The second-order valence-corrected chi connectivity index (χ2v) is 8.68. The largest absolute Gasteiger partial charge is 0.494 e. The molecule has 2 rings (SSSR count). The molecule has 5 nitrogen and oxygen atoms in total. The fourth-order valence-corrected chi connectivity index (χ4v) is 4.46. The zero-order valence-corrected chi connectivity index (χ0v) is 18.7. The maximum atomic E-state index is 12.6. The van der Waals surface area contributed by atoms with Crippen LogP contribution in [0.5, 0.6) is 5.75 Å². The summed E-state index contributed by atoms with van der Waals surface area (Å²) in [4.78, 5) is 25.7. The Kier molecular flexibility index (Phi) is 9.67. The number of carboxylic acid groups (broad SMARTS) is 1. The lowest BCUT2D eigenvalue weighted by Crippen LogP contribution is -2.43. The van der Waals surface area contributed by atoms with Crippen molar-refractivity contribution in [2.45, 2.75) is 64.8 Å². The molecule has 158 valence electrons. The van der Waals surface area contributed by atoms with E-state index < -0.39 is 12.0 Å². The van der Waals surface area contributed by atoms with Crippen molar-refractivity contribution in [2.75, 3.05) is 6.61 Å². The minimum atomic E-state index is -1.04. The van der Waals surface area contributed by atoms with E-state index in [4.69, 9.17) is 17.0 Å². The predicted octanol–water partition coefficient (Wildman–Crippen LogP) is 5.49. The SMILES string of the molecule is CCCCCCCCOc1ccc(/C=C2\SC(=S)N(C(CC)C(=O)O)C2=O)cc1. The number of amides is 1. The highest BCUT2D eigenvalue weighted by Crippen LogP contribution is 2.34. The van der Waals surface area contributed by atoms with Gasteiger partial charge in [-0.2, -0.15) is 0 Å². The van der Waals surface area contributed by atoms with Crippen LogP contribution in [0.2, 0.25) is 0 Å². The van der Waals surface area contributed by atoms with Gasteiger partial charge in [-0.3, -0.25) is 9.69 Å². The van der Waals surface area contributed by atoms with Gasteiger partial charge in [-0.15, -0.1) is 0 Å². The molecule has 1 aromatic carbocycles. The number of carboxylic acids is 1. The summed E-state index contributed by atoms with van der Waals surface area (Å²) in [6, 6.07) is 6.62. The fraction of sp³-hybridized carbons (Fsp3) is 0.500. The summed E-state index contributed by atoms with van der Waals surface area (Å²) in [5.41, 5.74) is 0.848. The molecule has 1 aromatic rings. The first-order valence-electron chi connectivity index (χ1n) is 10.2. The van der Waals surface area contributed by atoms with Crippen molar-refractivity contribution in [3.05, 3.63) is 34.7 Å². The Morgan fingerprint density at radius 1 is 1.17 bits per heavy atom. The van der Waals surface area contributed by atoms with E-state index in [0.717, 1.165) is 29.5 Å². The first-order chi connectivity index (χ1) is 14.0. The summed E-state index contributed by atoms with van der Waals surface area (Å²) >= 11 is 6.37. The van der Waals surface area contributed by atoms with E-state index in [2.05, 4.69) is 6.92 Å². The molecule has 1 atom stereocenters. The summed E-state index contributed by atoms with van der Waals surface area (Å²) in [5.74, 6) is -0.588. The van der Waals surface area contributed by atoms with Gasteiger partial charge in [0.1, 0.15) is 16.1 Å². The molecular weight excluding hydrogens is 406 g/mol. The van der Waals surface area contributed by atoms with Crippen LogP contribution in [0.25, 0.3) is 6.08 Å². The topological polar surface area (TPSA) is 66.8 Å². The third-order valence-electron chi connectivity index (χ3n) is 4.75. The lowest BCUT2D eigenvalue weighted by molar-refractivity contribution is -0.145. The Morgan fingerprint density at radius 2 is 1.83 bits per heavy atom. The molecule has 0 aliphatic carbocycles. The van der Waals surface area contributed by atoms with Gasteiger partial charge in [-0.1, -0.05) is 82.1 Å². The third-order valence-corrected chi connectivity index (χ3v) is 6.08. The van der Waals surface area contributed by atoms with Crippen molar-refractivity contribution in [2.24, 2.45) is 0 Å². The number of aliphatic carboxylic acids is 1. The number of rotatable bonds is 12. The highest BCUT2D eigenvalue weighted by Gasteiger charge is 2.39. The number of ether oxygens (including phenoxy) is 1. The van der Waals surface area contributed by atoms with Crippen LogP contribution in [0, 0.1) is 0 Å². The molecule has 1 amide bonds. The van der Waals surface area contributed by atoms with Crippen molar-refractivity contribution < 1.29 is 19.4 Å². The Balaban J connectivity index is 1.90. The summed E-state index contributed by atoms with van der Waals surface area (Å²) in [7, 11) is 0. The molecule has 1 aliphatic heterocycles. The lowest BCUT2D eigenvalue weighted by atomic mass is 10.1. The second-order valence-electron chi connectivity index (χ2n) is 7.00. The average Bonchev–Trinajstić information content (AvgIpc) is 2.97. The van der Waals surface area contributed by atoms with E-state index in [-0.39, 0.29) is 10.2 Å². The maximum Gasteiger partial charge on any atom is 0.326 e. The van der Waals surface area contributed by atoms with E-state index in [9.17, 15) is 14.7 Å². The quantitative estimate of drug-likeness (QED) is 0.266. The predicted molar refractivity (Wildman–Crippen MR) is 122 cm³/mol. The zero-order chi connectivity index (χ0) is 21.2. The summed E-state index contributed by atoms with van der Waals surface area (Å²) < 4.78 is 6.06. The molecule has 29 heavy (non-hydrogen) atoms. The molecule has 1 aliphatic rings. The Labute approximate surface area is 182 Å². The number of hydrogen-bond donors (Lipinski definition) is 1. The van der Waals surface area contributed by atoms with Gasteiger partial charge in [0.15, 0.2) is 0 Å². The normalized spacial score (nSPS) is 16.5. The van der Waals surface area contributed by atoms with Crippen LogP contribution in [0.15, 0.2) is 29.2 Å². The van der Waals surface area contributed by atoms with Gasteiger partial charge in [0.25, 0.3) is 5.91 Å². The minimum absolute atomic E-state index is 0.286. The van der Waals surface area contributed by atoms with Gasteiger partial charge >= 0.3 is 5.97 Å². The van der Waals surface area contributed by atoms with Crippen LogP contribution in [-0.4, -0.2) is 38.9 Å². The molecule has 0 saturated carbocycles. The standard InChI is InChI=1S/C22H29NO4S2/c1-3-5-6-7-8-9-14-27-17-12-10-16(11-13-17)15-19-20(24)23(22(28)29-19)18(4-2)21(25)26/h10-13,15,18H,3-9,14H2,1-2H3,(H,25,26)/b19-15-. The van der Waals surface area contributed by atoms with Gasteiger partial charge in [0, 0.05) is 0 Å².